The van der Waals surface area contributed by atoms with Crippen molar-refractivity contribution in [3.63, 3.8) is 0 Å². The Bertz CT molecular complexity index is 1070. The summed E-state index contributed by atoms with van der Waals surface area (Å²) in [6, 6.07) is 3.62. The first-order valence-electron chi connectivity index (χ1n) is 7.53. The van der Waals surface area contributed by atoms with Crippen LogP contribution in [0.15, 0.2) is 32.3 Å². The number of carbonyl (C=O) groups excluding carboxylic acids is 1. The van der Waals surface area contributed by atoms with Crippen LogP contribution >= 0.6 is 31.9 Å². The molecule has 0 bridgehead atoms. The first-order chi connectivity index (χ1) is 12.3. The van der Waals surface area contributed by atoms with Crippen LogP contribution in [0, 0.1) is 6.92 Å². The van der Waals surface area contributed by atoms with Gasteiger partial charge in [-0.05, 0) is 40.5 Å². The monoisotopic (exact) mass is 483 g/mol. The molecule has 0 saturated heterocycles. The van der Waals surface area contributed by atoms with Crippen molar-refractivity contribution in [3.8, 4) is 5.75 Å². The Morgan fingerprint density at radius 1 is 1.35 bits per heavy atom. The summed E-state index contributed by atoms with van der Waals surface area (Å²) in [7, 11) is 3.22. The van der Waals surface area contributed by atoms with Gasteiger partial charge >= 0.3 is 0 Å². The van der Waals surface area contributed by atoms with Gasteiger partial charge in [0.2, 0.25) is 5.91 Å². The second kappa shape index (κ2) is 7.20. The lowest BCUT2D eigenvalue weighted by Gasteiger charge is -2.14. The van der Waals surface area contributed by atoms with Crippen LogP contribution in [0.1, 0.15) is 5.56 Å². The number of nitrogens with zero attached hydrogens (tertiary/aromatic N) is 4. The first-order valence-corrected chi connectivity index (χ1v) is 9.12. The fourth-order valence-electron chi connectivity index (χ4n) is 2.62. The molecule has 0 atom stereocenters. The normalized spacial score (nSPS) is 11.0. The number of fused-ring (bicyclic) bond motifs is 1. The van der Waals surface area contributed by atoms with Crippen LogP contribution in [0.4, 0.5) is 5.69 Å². The van der Waals surface area contributed by atoms with E-state index in [0.29, 0.717) is 27.1 Å². The van der Waals surface area contributed by atoms with Crippen LogP contribution in [0.2, 0.25) is 0 Å². The van der Waals surface area contributed by atoms with E-state index in [4.69, 9.17) is 4.74 Å². The molecular formula is C16H15Br2N5O3. The molecule has 2 aromatic heterocycles. The molecule has 0 aliphatic carbocycles. The van der Waals surface area contributed by atoms with Gasteiger partial charge in [0.25, 0.3) is 5.56 Å². The third-order valence-electron chi connectivity index (χ3n) is 3.83. The molecule has 136 valence electrons. The van der Waals surface area contributed by atoms with E-state index in [-0.39, 0.29) is 18.0 Å². The predicted octanol–water partition coefficient (Wildman–Crippen LogP) is 2.61. The number of ether oxygens (including phenoxy) is 1. The zero-order valence-corrected chi connectivity index (χ0v) is 17.4. The molecule has 1 N–H and O–H groups in total. The van der Waals surface area contributed by atoms with Crippen LogP contribution in [-0.4, -0.2) is 32.3 Å². The van der Waals surface area contributed by atoms with Gasteiger partial charge in [-0.25, -0.2) is 9.67 Å². The number of nitrogens with one attached hydrogen (secondary N) is 1. The number of methoxy groups -OCH3 is 1. The van der Waals surface area contributed by atoms with Crippen LogP contribution in [0.3, 0.4) is 0 Å². The van der Waals surface area contributed by atoms with Gasteiger partial charge in [-0.2, -0.15) is 5.10 Å². The van der Waals surface area contributed by atoms with E-state index >= 15 is 0 Å². The molecule has 3 rings (SSSR count). The van der Waals surface area contributed by atoms with Crippen molar-refractivity contribution >= 4 is 54.5 Å². The molecule has 1 amide bonds. The molecule has 0 spiro atoms. The molecule has 8 nitrogen and oxygen atoms in total. The number of anilines is 1. The van der Waals surface area contributed by atoms with Gasteiger partial charge in [0.1, 0.15) is 28.6 Å². The molecule has 3 aromatic rings. The molecule has 26 heavy (non-hydrogen) atoms. The number of amides is 1. The van der Waals surface area contributed by atoms with Crippen LogP contribution < -0.4 is 15.6 Å². The lowest BCUT2D eigenvalue weighted by atomic mass is 10.2. The average molecular weight is 485 g/mol. The number of halogens is 2. The van der Waals surface area contributed by atoms with Gasteiger partial charge in [-0.3, -0.25) is 14.2 Å². The highest BCUT2D eigenvalue weighted by atomic mass is 79.9. The minimum absolute atomic E-state index is 0.179. The summed E-state index contributed by atoms with van der Waals surface area (Å²) in [4.78, 5) is 29.3. The molecule has 0 radical (unpaired) electrons. The Labute approximate surface area is 165 Å². The quantitative estimate of drug-likeness (QED) is 0.614. The zero-order valence-electron chi connectivity index (χ0n) is 14.2. The van der Waals surface area contributed by atoms with E-state index in [2.05, 4.69) is 47.3 Å². The highest BCUT2D eigenvalue weighted by Crippen LogP contribution is 2.32. The largest absolute Gasteiger partial charge is 0.495 e. The number of rotatable bonds is 4. The molecule has 10 heteroatoms. The second-order valence-corrected chi connectivity index (χ2v) is 7.31. The highest BCUT2D eigenvalue weighted by Gasteiger charge is 2.16. The summed E-state index contributed by atoms with van der Waals surface area (Å²) in [6.07, 6.45) is 1.34. The van der Waals surface area contributed by atoms with Crippen LogP contribution in [0.5, 0.6) is 5.75 Å². The summed E-state index contributed by atoms with van der Waals surface area (Å²) >= 11 is 6.64. The van der Waals surface area contributed by atoms with E-state index in [0.717, 1.165) is 10.0 Å². The first kappa shape index (κ1) is 18.6. The number of hydrogen-bond donors (Lipinski definition) is 1. The zero-order chi connectivity index (χ0) is 19.0. The summed E-state index contributed by atoms with van der Waals surface area (Å²) in [5.74, 6) is 0.165. The third-order valence-corrected chi connectivity index (χ3v) is 4.84. The van der Waals surface area contributed by atoms with E-state index in [1.165, 1.54) is 22.7 Å². The Morgan fingerprint density at radius 3 is 2.77 bits per heavy atom. The Morgan fingerprint density at radius 2 is 2.08 bits per heavy atom. The smallest absolute Gasteiger partial charge is 0.266 e. The van der Waals surface area contributed by atoms with Gasteiger partial charge < -0.3 is 10.1 Å². The standard InChI is InChI=1S/C16H15Br2N5O3/c1-8-4-9(17)5-10(26-3)13(8)20-11(24)6-23-7-19-15-12(16(23)25)14(18)21-22(15)2/h4-5,7H,6H2,1-3H3,(H,20,24). The van der Waals surface area contributed by atoms with Crippen molar-refractivity contribution in [2.75, 3.05) is 12.4 Å². The molecular weight excluding hydrogens is 470 g/mol. The second-order valence-electron chi connectivity index (χ2n) is 5.64. The molecule has 2 heterocycles. The fraction of sp³-hybridized carbons (Fsp3) is 0.250. The van der Waals surface area contributed by atoms with E-state index in [1.807, 2.05) is 13.0 Å². The maximum Gasteiger partial charge on any atom is 0.266 e. The van der Waals surface area contributed by atoms with Gasteiger partial charge in [0, 0.05) is 11.5 Å². The Kier molecular flexibility index (Phi) is 5.15. The van der Waals surface area contributed by atoms with Gasteiger partial charge in [0.05, 0.1) is 12.8 Å². The van der Waals surface area contributed by atoms with Crippen molar-refractivity contribution in [1.29, 1.82) is 0 Å². The molecule has 0 saturated carbocycles. The Hall–Kier alpha value is -2.20. The molecule has 1 aromatic carbocycles. The molecule has 0 aliphatic heterocycles. The number of benzene rings is 1. The minimum atomic E-state index is -0.364. The maximum absolute atomic E-state index is 12.6. The van der Waals surface area contributed by atoms with Gasteiger partial charge in [-0.15, -0.1) is 0 Å². The predicted molar refractivity (Wildman–Crippen MR) is 105 cm³/mol. The summed E-state index contributed by atoms with van der Waals surface area (Å²) in [5.41, 5.74) is 1.50. The number of aromatic nitrogens is 4. The van der Waals surface area contributed by atoms with Crippen molar-refractivity contribution in [3.05, 3.63) is 43.5 Å². The van der Waals surface area contributed by atoms with Gasteiger partial charge in [-0.1, -0.05) is 15.9 Å². The minimum Gasteiger partial charge on any atom is -0.495 e. The summed E-state index contributed by atoms with van der Waals surface area (Å²) in [6.45, 7) is 1.68. The lowest BCUT2D eigenvalue weighted by Crippen LogP contribution is -2.28. The third kappa shape index (κ3) is 3.38. The topological polar surface area (TPSA) is 91.0 Å². The molecule has 0 aliphatic rings. The summed E-state index contributed by atoms with van der Waals surface area (Å²) < 4.78 is 9.30. The van der Waals surface area contributed by atoms with Crippen molar-refractivity contribution in [1.82, 2.24) is 19.3 Å². The van der Waals surface area contributed by atoms with E-state index in [9.17, 15) is 9.59 Å². The van der Waals surface area contributed by atoms with Crippen LogP contribution in [-0.2, 0) is 18.4 Å². The number of carbonyl (C=O) groups is 1. The Balaban J connectivity index is 1.90. The lowest BCUT2D eigenvalue weighted by molar-refractivity contribution is -0.116. The average Bonchev–Trinajstić information content (AvgIpc) is 2.87. The van der Waals surface area contributed by atoms with Crippen LogP contribution in [0.25, 0.3) is 11.0 Å². The van der Waals surface area contributed by atoms with E-state index in [1.54, 1.807) is 13.1 Å². The molecule has 0 fully saturated rings. The fourth-order valence-corrected chi connectivity index (χ4v) is 3.75. The maximum atomic E-state index is 12.6. The molecule has 0 unspecified atom stereocenters. The van der Waals surface area contributed by atoms with Gasteiger partial charge in [0.15, 0.2) is 5.65 Å². The van der Waals surface area contributed by atoms with E-state index < -0.39 is 0 Å². The highest BCUT2D eigenvalue weighted by molar-refractivity contribution is 9.10. The van der Waals surface area contributed by atoms with Crippen molar-refractivity contribution in [2.45, 2.75) is 13.5 Å². The SMILES string of the molecule is COc1cc(Br)cc(C)c1NC(=O)Cn1cnc2c(c(Br)nn2C)c1=O. The summed E-state index contributed by atoms with van der Waals surface area (Å²) in [5, 5.41) is 7.25. The number of hydrogen-bond acceptors (Lipinski definition) is 5. The number of aryl methyl sites for hydroxylation is 2. The van der Waals surface area contributed by atoms with Crippen molar-refractivity contribution < 1.29 is 9.53 Å². The van der Waals surface area contributed by atoms with Crippen molar-refractivity contribution in [2.24, 2.45) is 7.05 Å².